The summed E-state index contributed by atoms with van der Waals surface area (Å²) in [6.07, 6.45) is 3.98. The van der Waals surface area contributed by atoms with Crippen LogP contribution < -0.4 is 10.9 Å². The highest BCUT2D eigenvalue weighted by atomic mass is 35.5. The Morgan fingerprint density at radius 2 is 2.12 bits per heavy atom. The molecule has 0 radical (unpaired) electrons. The first-order chi connectivity index (χ1) is 11.5. The number of rotatable bonds is 7. The predicted octanol–water partition coefficient (Wildman–Crippen LogP) is 3.72. The number of aromatic nitrogens is 2. The van der Waals surface area contributed by atoms with Gasteiger partial charge in [-0.2, -0.15) is 21.5 Å². The van der Waals surface area contributed by atoms with Crippen LogP contribution in [-0.4, -0.2) is 39.5 Å². The molecule has 2 aromatic rings. The van der Waals surface area contributed by atoms with Gasteiger partial charge in [0.2, 0.25) is 0 Å². The molecule has 0 aliphatic rings. The number of anilines is 1. The number of hydrogen-bond acceptors (Lipinski definition) is 5. The van der Waals surface area contributed by atoms with Crippen molar-refractivity contribution in [2.45, 2.75) is 12.5 Å². The normalized spacial score (nSPS) is 12.2. The topological polar surface area (TPSA) is 67.2 Å². The molecule has 0 amide bonds. The third kappa shape index (κ3) is 4.58. The molecule has 1 unspecified atom stereocenters. The van der Waals surface area contributed by atoms with Crippen molar-refractivity contribution < 1.29 is 5.11 Å². The summed E-state index contributed by atoms with van der Waals surface area (Å²) in [6.45, 7) is 0.0424. The Morgan fingerprint density at radius 1 is 1.38 bits per heavy atom. The van der Waals surface area contributed by atoms with Gasteiger partial charge in [0.15, 0.2) is 0 Å². The van der Waals surface area contributed by atoms with Crippen LogP contribution >= 0.6 is 46.6 Å². The zero-order valence-electron chi connectivity index (χ0n) is 12.8. The van der Waals surface area contributed by atoms with E-state index in [0.717, 1.165) is 10.4 Å². The Bertz CT molecular complexity index is 764. The molecule has 1 atom stereocenters. The molecule has 0 saturated heterocycles. The van der Waals surface area contributed by atoms with E-state index >= 15 is 0 Å². The Balaban J connectivity index is 2.36. The van der Waals surface area contributed by atoms with Crippen LogP contribution in [0.2, 0.25) is 15.1 Å². The van der Waals surface area contributed by atoms with Gasteiger partial charge in [-0.1, -0.05) is 34.8 Å². The fraction of sp³-hybridized carbons (Fsp3) is 0.333. The van der Waals surface area contributed by atoms with Crippen LogP contribution in [-0.2, 0) is 0 Å². The van der Waals surface area contributed by atoms with Gasteiger partial charge in [-0.15, -0.1) is 0 Å². The minimum Gasteiger partial charge on any atom is -0.396 e. The zero-order valence-corrected chi connectivity index (χ0v) is 15.9. The van der Waals surface area contributed by atoms with Gasteiger partial charge in [0.1, 0.15) is 5.02 Å². The van der Waals surface area contributed by atoms with Gasteiger partial charge in [-0.05, 0) is 30.9 Å². The highest BCUT2D eigenvalue weighted by molar-refractivity contribution is 7.98. The van der Waals surface area contributed by atoms with Gasteiger partial charge in [0.05, 0.1) is 22.6 Å². The molecule has 0 spiro atoms. The lowest BCUT2D eigenvalue weighted by atomic mass is 10.2. The molecule has 5 nitrogen and oxygen atoms in total. The molecule has 1 aromatic heterocycles. The van der Waals surface area contributed by atoms with Crippen LogP contribution in [0.4, 0.5) is 5.69 Å². The van der Waals surface area contributed by atoms with Crippen molar-refractivity contribution in [1.82, 2.24) is 9.78 Å². The summed E-state index contributed by atoms with van der Waals surface area (Å²) in [5, 5.41) is 17.2. The Hall–Kier alpha value is -0.920. The third-order valence-corrected chi connectivity index (χ3v) is 4.90. The first kappa shape index (κ1) is 19.4. The number of halogens is 3. The van der Waals surface area contributed by atoms with Gasteiger partial charge in [-0.3, -0.25) is 4.79 Å². The van der Waals surface area contributed by atoms with Crippen LogP contribution in [0.15, 0.2) is 29.2 Å². The van der Waals surface area contributed by atoms with E-state index in [4.69, 9.17) is 39.9 Å². The van der Waals surface area contributed by atoms with E-state index in [9.17, 15) is 4.79 Å². The SMILES string of the molecule is CSCC(CCO)Nc1cnn(-c2ccc(Cl)cc2Cl)c(=O)c1Cl. The summed E-state index contributed by atoms with van der Waals surface area (Å²) in [5.74, 6) is 0.767. The monoisotopic (exact) mass is 407 g/mol. The smallest absolute Gasteiger partial charge is 0.292 e. The van der Waals surface area contributed by atoms with Crippen molar-refractivity contribution in [2.24, 2.45) is 0 Å². The number of thioether (sulfide) groups is 1. The fourth-order valence-electron chi connectivity index (χ4n) is 2.13. The first-order valence-corrected chi connectivity index (χ1v) is 9.60. The molecule has 9 heteroatoms. The molecule has 24 heavy (non-hydrogen) atoms. The molecule has 1 heterocycles. The zero-order chi connectivity index (χ0) is 17.7. The summed E-state index contributed by atoms with van der Waals surface area (Å²) in [4.78, 5) is 12.5. The van der Waals surface area contributed by atoms with Crippen LogP contribution in [0.25, 0.3) is 5.69 Å². The van der Waals surface area contributed by atoms with Crippen LogP contribution in [0, 0.1) is 0 Å². The second kappa shape index (κ2) is 8.97. The average molecular weight is 409 g/mol. The molecular weight excluding hydrogens is 393 g/mol. The fourth-order valence-corrected chi connectivity index (χ4v) is 3.46. The van der Waals surface area contributed by atoms with Gasteiger partial charge in [0.25, 0.3) is 5.56 Å². The van der Waals surface area contributed by atoms with Crippen molar-refractivity contribution in [3.8, 4) is 5.69 Å². The molecule has 0 bridgehead atoms. The van der Waals surface area contributed by atoms with E-state index in [-0.39, 0.29) is 17.7 Å². The molecule has 1 aromatic carbocycles. The number of aliphatic hydroxyl groups excluding tert-OH is 1. The second-order valence-corrected chi connectivity index (χ2v) is 7.13. The minimum absolute atomic E-state index is 0.0139. The summed E-state index contributed by atoms with van der Waals surface area (Å²) in [5.41, 5.74) is 0.337. The van der Waals surface area contributed by atoms with E-state index in [0.29, 0.717) is 27.8 Å². The van der Waals surface area contributed by atoms with Crippen molar-refractivity contribution >= 4 is 52.3 Å². The molecular formula is C15H16Cl3N3O2S. The lowest BCUT2D eigenvalue weighted by Crippen LogP contribution is -2.28. The standard InChI is InChI=1S/C15H16Cl3N3O2S/c1-24-8-10(4-5-22)20-12-7-19-21(15(23)14(12)18)13-3-2-9(16)6-11(13)17/h2-3,6-7,10,20,22H,4-5,8H2,1H3. The van der Waals surface area contributed by atoms with Crippen LogP contribution in [0.3, 0.4) is 0 Å². The quantitative estimate of drug-likeness (QED) is 0.731. The third-order valence-electron chi connectivity index (χ3n) is 3.26. The Labute approximate surface area is 158 Å². The summed E-state index contributed by atoms with van der Waals surface area (Å²) < 4.78 is 1.13. The maximum atomic E-state index is 12.5. The Morgan fingerprint density at radius 3 is 2.75 bits per heavy atom. The van der Waals surface area contributed by atoms with Crippen molar-refractivity contribution in [2.75, 3.05) is 23.9 Å². The van der Waals surface area contributed by atoms with E-state index in [1.165, 1.54) is 12.3 Å². The summed E-state index contributed by atoms with van der Waals surface area (Å²) in [7, 11) is 0. The molecule has 0 aliphatic heterocycles. The van der Waals surface area contributed by atoms with Crippen molar-refractivity contribution in [1.29, 1.82) is 0 Å². The highest BCUT2D eigenvalue weighted by Crippen LogP contribution is 2.25. The van der Waals surface area contributed by atoms with E-state index in [2.05, 4.69) is 10.4 Å². The highest BCUT2D eigenvalue weighted by Gasteiger charge is 2.16. The largest absolute Gasteiger partial charge is 0.396 e. The maximum Gasteiger partial charge on any atom is 0.292 e. The Kier molecular flexibility index (Phi) is 7.25. The van der Waals surface area contributed by atoms with Crippen molar-refractivity contribution in [3.63, 3.8) is 0 Å². The number of nitrogens with zero attached hydrogens (tertiary/aromatic N) is 2. The maximum absolute atomic E-state index is 12.5. The summed E-state index contributed by atoms with van der Waals surface area (Å²) >= 11 is 19.8. The minimum atomic E-state index is -0.488. The molecule has 2 rings (SSSR count). The number of hydrogen-bond donors (Lipinski definition) is 2. The molecule has 0 fully saturated rings. The summed E-state index contributed by atoms with van der Waals surface area (Å²) in [6, 6.07) is 4.73. The van der Waals surface area contributed by atoms with Crippen LogP contribution in [0.5, 0.6) is 0 Å². The molecule has 0 aliphatic carbocycles. The van der Waals surface area contributed by atoms with Gasteiger partial charge in [-0.25, -0.2) is 0 Å². The number of benzene rings is 1. The number of aliphatic hydroxyl groups is 1. The van der Waals surface area contributed by atoms with E-state index in [1.54, 1.807) is 23.9 Å². The molecule has 2 N–H and O–H groups in total. The van der Waals surface area contributed by atoms with Gasteiger partial charge in [0, 0.05) is 23.4 Å². The molecule has 130 valence electrons. The predicted molar refractivity (Wildman–Crippen MR) is 102 cm³/mol. The number of nitrogens with one attached hydrogen (secondary N) is 1. The van der Waals surface area contributed by atoms with Crippen LogP contribution in [0.1, 0.15) is 6.42 Å². The lowest BCUT2D eigenvalue weighted by Gasteiger charge is -2.19. The second-order valence-electron chi connectivity index (χ2n) is 4.99. The van der Waals surface area contributed by atoms with E-state index in [1.807, 2.05) is 6.26 Å². The van der Waals surface area contributed by atoms with Crippen molar-refractivity contribution in [3.05, 3.63) is 49.8 Å². The van der Waals surface area contributed by atoms with Gasteiger partial charge < -0.3 is 10.4 Å². The lowest BCUT2D eigenvalue weighted by molar-refractivity contribution is 0.282. The molecule has 0 saturated carbocycles. The van der Waals surface area contributed by atoms with Gasteiger partial charge >= 0.3 is 0 Å². The average Bonchev–Trinajstić information content (AvgIpc) is 2.53. The van der Waals surface area contributed by atoms with E-state index < -0.39 is 5.56 Å². The first-order valence-electron chi connectivity index (χ1n) is 7.07.